The second-order valence-electron chi connectivity index (χ2n) is 4.51. The van der Waals surface area contributed by atoms with Crippen molar-refractivity contribution in [1.29, 1.82) is 0 Å². The highest BCUT2D eigenvalue weighted by Gasteiger charge is 2.18. The molecule has 3 N–H and O–H groups in total. The average Bonchev–Trinajstić information content (AvgIpc) is 2.81. The van der Waals surface area contributed by atoms with E-state index in [1.54, 1.807) is 0 Å². The number of thioether (sulfide) groups is 1. The Morgan fingerprint density at radius 2 is 2.12 bits per heavy atom. The largest absolute Gasteiger partial charge is 0.409 e. The third-order valence-electron chi connectivity index (χ3n) is 3.12. The predicted molar refractivity (Wildman–Crippen MR) is 71.8 cm³/mol. The van der Waals surface area contributed by atoms with E-state index in [0.717, 1.165) is 10.5 Å². The van der Waals surface area contributed by atoms with Gasteiger partial charge in [0.05, 0.1) is 0 Å². The molecule has 1 aliphatic rings. The summed E-state index contributed by atoms with van der Waals surface area (Å²) in [6.45, 7) is 2.06. The maximum Gasteiger partial charge on any atom is 0.171 e. The molecule has 0 unspecified atom stereocenters. The molecule has 17 heavy (non-hydrogen) atoms. The molecule has 0 aromatic heterocycles. The molecule has 0 heterocycles. The third kappa shape index (κ3) is 2.94. The number of hydrogen-bond donors (Lipinski definition) is 2. The van der Waals surface area contributed by atoms with Gasteiger partial charge in [-0.2, -0.15) is 0 Å². The lowest BCUT2D eigenvalue weighted by atomic mass is 10.1. The van der Waals surface area contributed by atoms with E-state index in [1.165, 1.54) is 31.2 Å². The van der Waals surface area contributed by atoms with E-state index in [1.807, 2.05) is 23.9 Å². The van der Waals surface area contributed by atoms with Crippen LogP contribution in [0.3, 0.4) is 0 Å². The van der Waals surface area contributed by atoms with Gasteiger partial charge in [-0.05, 0) is 37.5 Å². The monoisotopic (exact) mass is 250 g/mol. The lowest BCUT2D eigenvalue weighted by Gasteiger charge is -2.13. The molecule has 4 heteroatoms. The van der Waals surface area contributed by atoms with Gasteiger partial charge < -0.3 is 10.9 Å². The van der Waals surface area contributed by atoms with Crippen LogP contribution in [-0.4, -0.2) is 16.3 Å². The molecule has 2 rings (SSSR count). The molecule has 1 aliphatic carbocycles. The molecule has 1 fully saturated rings. The van der Waals surface area contributed by atoms with Crippen molar-refractivity contribution in [3.63, 3.8) is 0 Å². The van der Waals surface area contributed by atoms with E-state index in [4.69, 9.17) is 10.9 Å². The van der Waals surface area contributed by atoms with Gasteiger partial charge in [0.25, 0.3) is 0 Å². The van der Waals surface area contributed by atoms with Gasteiger partial charge in [-0.25, -0.2) is 0 Å². The van der Waals surface area contributed by atoms with Gasteiger partial charge in [-0.3, -0.25) is 0 Å². The number of benzene rings is 1. The first-order valence-corrected chi connectivity index (χ1v) is 6.84. The van der Waals surface area contributed by atoms with Crippen LogP contribution in [0.2, 0.25) is 0 Å². The number of rotatable bonds is 3. The van der Waals surface area contributed by atoms with Crippen LogP contribution in [0.5, 0.6) is 0 Å². The number of amidine groups is 1. The number of nitrogens with zero attached hydrogens (tertiary/aromatic N) is 1. The summed E-state index contributed by atoms with van der Waals surface area (Å²) in [6, 6.07) is 6.05. The number of aryl methyl sites for hydroxylation is 1. The van der Waals surface area contributed by atoms with Crippen molar-refractivity contribution in [2.24, 2.45) is 10.9 Å². The van der Waals surface area contributed by atoms with Gasteiger partial charge in [-0.1, -0.05) is 24.1 Å². The summed E-state index contributed by atoms with van der Waals surface area (Å²) in [4.78, 5) is 1.13. The molecule has 3 nitrogen and oxygen atoms in total. The lowest BCUT2D eigenvalue weighted by Crippen LogP contribution is -2.14. The Hall–Kier alpha value is -1.16. The van der Waals surface area contributed by atoms with E-state index in [9.17, 15) is 0 Å². The first kappa shape index (κ1) is 12.3. The van der Waals surface area contributed by atoms with E-state index in [-0.39, 0.29) is 5.84 Å². The minimum absolute atomic E-state index is 0.200. The topological polar surface area (TPSA) is 58.6 Å². The maximum absolute atomic E-state index is 8.80. The summed E-state index contributed by atoms with van der Waals surface area (Å²) in [6.07, 6.45) is 5.19. The Kier molecular flexibility index (Phi) is 3.94. The van der Waals surface area contributed by atoms with E-state index in [0.29, 0.717) is 5.25 Å². The number of hydrogen-bond acceptors (Lipinski definition) is 3. The van der Waals surface area contributed by atoms with Crippen LogP contribution < -0.4 is 5.73 Å². The summed E-state index contributed by atoms with van der Waals surface area (Å²) in [5.41, 5.74) is 7.76. The zero-order chi connectivity index (χ0) is 12.3. The molecule has 92 valence electrons. The molecule has 0 spiro atoms. The molecule has 1 aromatic rings. The maximum atomic E-state index is 8.80. The Morgan fingerprint density at radius 1 is 1.41 bits per heavy atom. The summed E-state index contributed by atoms with van der Waals surface area (Å²) in [7, 11) is 0. The van der Waals surface area contributed by atoms with Crippen molar-refractivity contribution in [3.8, 4) is 0 Å². The predicted octanol–water partition coefficient (Wildman–Crippen LogP) is 3.12. The summed E-state index contributed by atoms with van der Waals surface area (Å²) < 4.78 is 0. The molecule has 0 saturated heterocycles. The molecule has 1 saturated carbocycles. The second kappa shape index (κ2) is 5.45. The Morgan fingerprint density at radius 3 is 2.76 bits per heavy atom. The normalized spacial score (nSPS) is 17.6. The first-order chi connectivity index (χ1) is 8.20. The van der Waals surface area contributed by atoms with E-state index in [2.05, 4.69) is 18.1 Å². The van der Waals surface area contributed by atoms with Crippen LogP contribution in [0.25, 0.3) is 0 Å². The summed E-state index contributed by atoms with van der Waals surface area (Å²) in [5, 5.41) is 12.6. The highest BCUT2D eigenvalue weighted by atomic mass is 32.2. The fourth-order valence-electron chi connectivity index (χ4n) is 2.18. The Balaban J connectivity index is 2.26. The van der Waals surface area contributed by atoms with Gasteiger partial charge in [0.2, 0.25) is 0 Å². The number of nitrogens with two attached hydrogens (primary N) is 1. The standard InChI is InChI=1S/C13H18N2OS/c1-9-6-7-11(13(14)15-16)12(8-9)17-10-4-2-3-5-10/h6-8,10,16H,2-5H2,1H3,(H2,14,15). The van der Waals surface area contributed by atoms with Crippen molar-refractivity contribution in [1.82, 2.24) is 0 Å². The Bertz CT molecular complexity index is 425. The highest BCUT2D eigenvalue weighted by molar-refractivity contribution is 8.00. The molecule has 0 bridgehead atoms. The smallest absolute Gasteiger partial charge is 0.171 e. The zero-order valence-corrected chi connectivity index (χ0v) is 10.8. The molecule has 0 atom stereocenters. The van der Waals surface area contributed by atoms with Crippen LogP contribution in [0, 0.1) is 6.92 Å². The first-order valence-electron chi connectivity index (χ1n) is 5.96. The van der Waals surface area contributed by atoms with Crippen LogP contribution in [-0.2, 0) is 0 Å². The summed E-state index contributed by atoms with van der Waals surface area (Å²) in [5.74, 6) is 0.200. The van der Waals surface area contributed by atoms with Gasteiger partial charge in [0.15, 0.2) is 5.84 Å². The fraction of sp³-hybridized carbons (Fsp3) is 0.462. The average molecular weight is 250 g/mol. The fourth-order valence-corrected chi connectivity index (χ4v) is 3.66. The second-order valence-corrected chi connectivity index (χ2v) is 5.85. The highest BCUT2D eigenvalue weighted by Crippen LogP contribution is 2.36. The van der Waals surface area contributed by atoms with Crippen molar-refractivity contribution >= 4 is 17.6 Å². The van der Waals surface area contributed by atoms with E-state index < -0.39 is 0 Å². The van der Waals surface area contributed by atoms with Crippen LogP contribution in [0.15, 0.2) is 28.3 Å². The third-order valence-corrected chi connectivity index (χ3v) is 4.51. The molecule has 1 aromatic carbocycles. The Labute approximate surface area is 106 Å². The molecule has 0 amide bonds. The summed E-state index contributed by atoms with van der Waals surface area (Å²) >= 11 is 1.86. The van der Waals surface area contributed by atoms with Crippen LogP contribution in [0.4, 0.5) is 0 Å². The van der Waals surface area contributed by atoms with Crippen molar-refractivity contribution < 1.29 is 5.21 Å². The van der Waals surface area contributed by atoms with Crippen molar-refractivity contribution in [2.45, 2.75) is 42.8 Å². The van der Waals surface area contributed by atoms with E-state index >= 15 is 0 Å². The van der Waals surface area contributed by atoms with Crippen LogP contribution in [0.1, 0.15) is 36.8 Å². The molecular formula is C13H18N2OS. The quantitative estimate of drug-likeness (QED) is 0.375. The lowest BCUT2D eigenvalue weighted by molar-refractivity contribution is 0.318. The number of oxime groups is 1. The molecule has 0 aliphatic heterocycles. The molecular weight excluding hydrogens is 232 g/mol. The van der Waals surface area contributed by atoms with Crippen molar-refractivity contribution in [2.75, 3.05) is 0 Å². The van der Waals surface area contributed by atoms with Crippen LogP contribution >= 0.6 is 11.8 Å². The van der Waals surface area contributed by atoms with Gasteiger partial charge in [0, 0.05) is 15.7 Å². The van der Waals surface area contributed by atoms with Gasteiger partial charge in [0.1, 0.15) is 0 Å². The molecule has 0 radical (unpaired) electrons. The zero-order valence-electron chi connectivity index (χ0n) is 10.0. The van der Waals surface area contributed by atoms with Gasteiger partial charge >= 0.3 is 0 Å². The minimum atomic E-state index is 0.200. The van der Waals surface area contributed by atoms with Gasteiger partial charge in [-0.15, -0.1) is 11.8 Å². The van der Waals surface area contributed by atoms with Crippen molar-refractivity contribution in [3.05, 3.63) is 29.3 Å². The minimum Gasteiger partial charge on any atom is -0.409 e. The SMILES string of the molecule is Cc1ccc(C(N)=NO)c(SC2CCCC2)c1.